The molecule has 0 spiro atoms. The van der Waals surface area contributed by atoms with Crippen molar-refractivity contribution in [3.05, 3.63) is 30.3 Å². The lowest BCUT2D eigenvalue weighted by Gasteiger charge is -2.25. The SMILES string of the molecule is CC(NS(=O)(=O)c1ccccc1)C(=O)N1CC(CN)CC1C.Cl. The minimum atomic E-state index is -3.69. The molecule has 3 unspecified atom stereocenters. The molecule has 2 rings (SSSR count). The molecule has 0 saturated carbocycles. The maximum atomic E-state index is 12.5. The quantitative estimate of drug-likeness (QED) is 0.817. The fourth-order valence-corrected chi connectivity index (χ4v) is 4.04. The monoisotopic (exact) mass is 361 g/mol. The van der Waals surface area contributed by atoms with Crippen LogP contribution in [-0.4, -0.2) is 44.4 Å². The fraction of sp³-hybridized carbons (Fsp3) is 0.533. The Labute approximate surface area is 143 Å². The molecule has 1 amide bonds. The third kappa shape index (κ3) is 4.67. The molecule has 0 aromatic heterocycles. The lowest BCUT2D eigenvalue weighted by atomic mass is 10.1. The molecule has 3 N–H and O–H groups in total. The van der Waals surface area contributed by atoms with Crippen molar-refractivity contribution in [1.29, 1.82) is 0 Å². The minimum Gasteiger partial charge on any atom is -0.338 e. The normalized spacial score (nSPS) is 22.5. The molecule has 0 bridgehead atoms. The summed E-state index contributed by atoms with van der Waals surface area (Å²) in [4.78, 5) is 14.4. The van der Waals surface area contributed by atoms with E-state index in [0.717, 1.165) is 6.42 Å². The van der Waals surface area contributed by atoms with Crippen LogP contribution in [0.25, 0.3) is 0 Å². The highest BCUT2D eigenvalue weighted by Crippen LogP contribution is 2.23. The van der Waals surface area contributed by atoms with Gasteiger partial charge in [-0.3, -0.25) is 4.79 Å². The maximum Gasteiger partial charge on any atom is 0.241 e. The Balaban J connectivity index is 0.00000264. The fourth-order valence-electron chi connectivity index (χ4n) is 2.82. The van der Waals surface area contributed by atoms with Gasteiger partial charge in [0, 0.05) is 12.6 Å². The minimum absolute atomic E-state index is 0. The Kier molecular flexibility index (Phi) is 7.01. The van der Waals surface area contributed by atoms with Gasteiger partial charge in [0.25, 0.3) is 0 Å². The highest BCUT2D eigenvalue weighted by molar-refractivity contribution is 7.89. The van der Waals surface area contributed by atoms with Crippen molar-refractivity contribution in [2.45, 2.75) is 37.2 Å². The van der Waals surface area contributed by atoms with Crippen LogP contribution < -0.4 is 10.5 Å². The number of carbonyl (C=O) groups is 1. The zero-order chi connectivity index (χ0) is 16.3. The summed E-state index contributed by atoms with van der Waals surface area (Å²) in [5.41, 5.74) is 5.66. The van der Waals surface area contributed by atoms with E-state index in [2.05, 4.69) is 4.72 Å². The molecule has 23 heavy (non-hydrogen) atoms. The summed E-state index contributed by atoms with van der Waals surface area (Å²) in [6.45, 7) is 4.67. The summed E-state index contributed by atoms with van der Waals surface area (Å²) in [5.74, 6) is 0.0832. The number of benzene rings is 1. The van der Waals surface area contributed by atoms with Crippen LogP contribution in [0, 0.1) is 5.92 Å². The predicted octanol–water partition coefficient (Wildman–Crippen LogP) is 0.971. The first-order valence-electron chi connectivity index (χ1n) is 7.43. The van der Waals surface area contributed by atoms with Crippen LogP contribution in [0.1, 0.15) is 20.3 Å². The van der Waals surface area contributed by atoms with Gasteiger partial charge in [-0.2, -0.15) is 4.72 Å². The largest absolute Gasteiger partial charge is 0.338 e. The lowest BCUT2D eigenvalue weighted by molar-refractivity contribution is -0.133. The Morgan fingerprint density at radius 3 is 2.52 bits per heavy atom. The van der Waals surface area contributed by atoms with E-state index in [4.69, 9.17) is 5.73 Å². The van der Waals surface area contributed by atoms with Crippen molar-refractivity contribution in [3.63, 3.8) is 0 Å². The van der Waals surface area contributed by atoms with Crippen molar-refractivity contribution in [1.82, 2.24) is 9.62 Å². The van der Waals surface area contributed by atoms with Crippen LogP contribution in [0.3, 0.4) is 0 Å². The van der Waals surface area contributed by atoms with E-state index in [0.29, 0.717) is 13.1 Å². The molecule has 1 aliphatic rings. The van der Waals surface area contributed by atoms with Crippen LogP contribution in [0.4, 0.5) is 0 Å². The third-order valence-corrected chi connectivity index (χ3v) is 5.59. The molecule has 130 valence electrons. The number of nitrogens with zero attached hydrogens (tertiary/aromatic N) is 1. The van der Waals surface area contributed by atoms with E-state index in [1.807, 2.05) is 6.92 Å². The zero-order valence-electron chi connectivity index (χ0n) is 13.3. The van der Waals surface area contributed by atoms with Gasteiger partial charge in [0.1, 0.15) is 0 Å². The van der Waals surface area contributed by atoms with Gasteiger partial charge in [-0.25, -0.2) is 8.42 Å². The number of carbonyl (C=O) groups excluding carboxylic acids is 1. The van der Waals surface area contributed by atoms with Gasteiger partial charge >= 0.3 is 0 Å². The second-order valence-corrected chi connectivity index (χ2v) is 7.55. The van der Waals surface area contributed by atoms with Gasteiger partial charge in [0.15, 0.2) is 0 Å². The third-order valence-electron chi connectivity index (χ3n) is 4.03. The van der Waals surface area contributed by atoms with Crippen molar-refractivity contribution < 1.29 is 13.2 Å². The van der Waals surface area contributed by atoms with Crippen molar-refractivity contribution in [2.24, 2.45) is 11.7 Å². The van der Waals surface area contributed by atoms with E-state index in [1.54, 1.807) is 30.0 Å². The number of rotatable bonds is 5. The molecule has 1 saturated heterocycles. The Morgan fingerprint density at radius 2 is 2.00 bits per heavy atom. The number of nitrogens with two attached hydrogens (primary N) is 1. The Morgan fingerprint density at radius 1 is 1.39 bits per heavy atom. The number of hydrogen-bond donors (Lipinski definition) is 2. The molecule has 6 nitrogen and oxygen atoms in total. The van der Waals surface area contributed by atoms with E-state index in [9.17, 15) is 13.2 Å². The second-order valence-electron chi connectivity index (χ2n) is 5.83. The summed E-state index contributed by atoms with van der Waals surface area (Å²) in [7, 11) is -3.69. The van der Waals surface area contributed by atoms with Gasteiger partial charge in [-0.15, -0.1) is 12.4 Å². The van der Waals surface area contributed by atoms with Crippen LogP contribution in [0.2, 0.25) is 0 Å². The molecular formula is C15H24ClN3O3S. The summed E-state index contributed by atoms with van der Waals surface area (Å²) in [6, 6.07) is 7.33. The standard InChI is InChI=1S/C15H23N3O3S.ClH/c1-11-8-13(9-16)10-18(11)15(19)12(2)17-22(20,21)14-6-4-3-5-7-14;/h3-7,11-13,17H,8-10,16H2,1-2H3;1H. The summed E-state index contributed by atoms with van der Waals surface area (Å²) >= 11 is 0. The van der Waals surface area contributed by atoms with Crippen LogP contribution >= 0.6 is 12.4 Å². The highest BCUT2D eigenvalue weighted by Gasteiger charge is 2.34. The number of likely N-dealkylation sites (tertiary alicyclic amines) is 1. The number of halogens is 1. The molecule has 1 aliphatic heterocycles. The average Bonchev–Trinajstić information content (AvgIpc) is 2.88. The molecule has 8 heteroatoms. The Hall–Kier alpha value is -1.15. The van der Waals surface area contributed by atoms with Gasteiger partial charge in [0.05, 0.1) is 10.9 Å². The first-order chi connectivity index (χ1) is 10.3. The molecule has 1 heterocycles. The first-order valence-corrected chi connectivity index (χ1v) is 8.91. The van der Waals surface area contributed by atoms with E-state index in [1.165, 1.54) is 12.1 Å². The number of nitrogens with one attached hydrogen (secondary N) is 1. The van der Waals surface area contributed by atoms with Gasteiger partial charge < -0.3 is 10.6 Å². The van der Waals surface area contributed by atoms with Crippen molar-refractivity contribution in [2.75, 3.05) is 13.1 Å². The van der Waals surface area contributed by atoms with Crippen LogP contribution in [0.5, 0.6) is 0 Å². The summed E-state index contributed by atoms with van der Waals surface area (Å²) in [6.07, 6.45) is 0.862. The van der Waals surface area contributed by atoms with Crippen molar-refractivity contribution in [3.8, 4) is 0 Å². The van der Waals surface area contributed by atoms with Crippen LogP contribution in [-0.2, 0) is 14.8 Å². The molecule has 0 aliphatic carbocycles. The second kappa shape index (κ2) is 8.10. The van der Waals surface area contributed by atoms with Gasteiger partial charge in [0.2, 0.25) is 15.9 Å². The average molecular weight is 362 g/mol. The van der Waals surface area contributed by atoms with E-state index < -0.39 is 16.1 Å². The smallest absolute Gasteiger partial charge is 0.241 e. The van der Waals surface area contributed by atoms with Gasteiger partial charge in [-0.1, -0.05) is 18.2 Å². The van der Waals surface area contributed by atoms with Gasteiger partial charge in [-0.05, 0) is 44.9 Å². The van der Waals surface area contributed by atoms with Crippen molar-refractivity contribution >= 4 is 28.3 Å². The zero-order valence-corrected chi connectivity index (χ0v) is 14.9. The topological polar surface area (TPSA) is 92.5 Å². The molecule has 3 atom stereocenters. The maximum absolute atomic E-state index is 12.5. The number of amides is 1. The molecule has 0 radical (unpaired) electrons. The summed E-state index contributed by atoms with van der Waals surface area (Å²) in [5, 5.41) is 0. The number of sulfonamides is 1. The van der Waals surface area contributed by atoms with E-state index >= 15 is 0 Å². The lowest BCUT2D eigenvalue weighted by Crippen LogP contribution is -2.48. The highest BCUT2D eigenvalue weighted by atomic mass is 35.5. The number of hydrogen-bond acceptors (Lipinski definition) is 4. The predicted molar refractivity (Wildman–Crippen MR) is 91.8 cm³/mol. The van der Waals surface area contributed by atoms with E-state index in [-0.39, 0.29) is 35.2 Å². The molecular weight excluding hydrogens is 338 g/mol. The summed E-state index contributed by atoms with van der Waals surface area (Å²) < 4.78 is 27.0. The molecule has 1 aromatic carbocycles. The first kappa shape index (κ1) is 19.9. The van der Waals surface area contributed by atoms with Crippen LogP contribution in [0.15, 0.2) is 35.2 Å². The molecule has 1 fully saturated rings. The Bertz CT molecular complexity index is 624. The molecule has 1 aromatic rings.